The summed E-state index contributed by atoms with van der Waals surface area (Å²) in [4.78, 5) is 14.9. The van der Waals surface area contributed by atoms with Crippen molar-refractivity contribution in [1.29, 1.82) is 0 Å². The average Bonchev–Trinajstić information content (AvgIpc) is 2.94. The van der Waals surface area contributed by atoms with E-state index in [1.807, 2.05) is 19.1 Å². The van der Waals surface area contributed by atoms with Crippen LogP contribution in [0.5, 0.6) is 5.75 Å². The minimum Gasteiger partial charge on any atom is -0.481 e. The molecule has 3 rings (SSSR count). The number of fused-ring (bicyclic) bond motifs is 1. The molecule has 1 fully saturated rings. The van der Waals surface area contributed by atoms with Gasteiger partial charge in [-0.3, -0.25) is 4.79 Å². The minimum atomic E-state index is -0.443. The summed E-state index contributed by atoms with van der Waals surface area (Å²) in [5, 5.41) is 3.05. The monoisotopic (exact) mass is 358 g/mol. The summed E-state index contributed by atoms with van der Waals surface area (Å²) in [6, 6.07) is 6.24. The number of hydrogen-bond acceptors (Lipinski definition) is 3. The van der Waals surface area contributed by atoms with Crippen LogP contribution in [-0.2, 0) is 17.6 Å². The number of aryl methyl sites for hydroxylation is 1. The first-order valence-electron chi connectivity index (χ1n) is 10.5. The van der Waals surface area contributed by atoms with E-state index >= 15 is 0 Å². The molecule has 144 valence electrons. The highest BCUT2D eigenvalue weighted by molar-refractivity contribution is 5.80. The third kappa shape index (κ3) is 5.47. The molecule has 0 spiro atoms. The molecule has 1 atom stereocenters. The van der Waals surface area contributed by atoms with Crippen LogP contribution in [0, 0.1) is 0 Å². The van der Waals surface area contributed by atoms with Crippen molar-refractivity contribution in [1.82, 2.24) is 10.2 Å². The molecule has 4 heteroatoms. The van der Waals surface area contributed by atoms with Crippen LogP contribution in [0.4, 0.5) is 0 Å². The Labute approximate surface area is 158 Å². The Hall–Kier alpha value is -1.55. The molecule has 1 aliphatic heterocycles. The molecule has 26 heavy (non-hydrogen) atoms. The van der Waals surface area contributed by atoms with Crippen LogP contribution in [0.1, 0.15) is 63.0 Å². The molecule has 1 aromatic rings. The molecule has 4 nitrogen and oxygen atoms in total. The standard InChI is InChI=1S/C22H34N2O2/c1-18(26-21-13-8-11-19-10-4-5-12-20(19)21)22(25)23-14-9-17-24-15-6-2-3-7-16-24/h8,11,13,18H,2-7,9-10,12,14-17H2,1H3,(H,23,25)/t18-/m1/s1. The predicted octanol–water partition coefficient (Wildman–Crippen LogP) is 3.72. The maximum Gasteiger partial charge on any atom is 0.260 e. The number of nitrogens with one attached hydrogen (secondary N) is 1. The minimum absolute atomic E-state index is 0.00530. The van der Waals surface area contributed by atoms with Crippen molar-refractivity contribution >= 4 is 5.91 Å². The van der Waals surface area contributed by atoms with Gasteiger partial charge in [0.05, 0.1) is 0 Å². The summed E-state index contributed by atoms with van der Waals surface area (Å²) in [5.41, 5.74) is 2.69. The Morgan fingerprint density at radius 2 is 1.88 bits per heavy atom. The molecular weight excluding hydrogens is 324 g/mol. The Bertz CT molecular complexity index is 580. The number of amides is 1. The first-order chi connectivity index (χ1) is 12.7. The zero-order chi connectivity index (χ0) is 18.2. The van der Waals surface area contributed by atoms with Gasteiger partial charge in [-0.25, -0.2) is 0 Å². The van der Waals surface area contributed by atoms with Gasteiger partial charge >= 0.3 is 0 Å². The van der Waals surface area contributed by atoms with Crippen LogP contribution >= 0.6 is 0 Å². The summed E-state index contributed by atoms with van der Waals surface area (Å²) in [6.07, 6.45) is 10.6. The van der Waals surface area contributed by atoms with Crippen LogP contribution in [0.3, 0.4) is 0 Å². The molecule has 0 aromatic heterocycles. The number of carbonyl (C=O) groups is 1. The van der Waals surface area contributed by atoms with Crippen LogP contribution in [0.25, 0.3) is 0 Å². The molecule has 0 radical (unpaired) electrons. The van der Waals surface area contributed by atoms with Crippen molar-refractivity contribution in [3.8, 4) is 5.75 Å². The van der Waals surface area contributed by atoms with Gasteiger partial charge in [0.15, 0.2) is 6.10 Å². The molecule has 0 bridgehead atoms. The molecule has 1 aromatic carbocycles. The molecule has 1 heterocycles. The second kappa shape index (κ2) is 9.96. The molecule has 1 N–H and O–H groups in total. The van der Waals surface area contributed by atoms with Crippen molar-refractivity contribution < 1.29 is 9.53 Å². The number of hydrogen-bond donors (Lipinski definition) is 1. The Morgan fingerprint density at radius 3 is 2.69 bits per heavy atom. The summed E-state index contributed by atoms with van der Waals surface area (Å²) in [7, 11) is 0. The first-order valence-corrected chi connectivity index (χ1v) is 10.5. The lowest BCUT2D eigenvalue weighted by molar-refractivity contribution is -0.127. The fourth-order valence-electron chi connectivity index (χ4n) is 4.12. The summed E-state index contributed by atoms with van der Waals surface area (Å²) in [6.45, 7) is 6.10. The van der Waals surface area contributed by atoms with E-state index in [0.29, 0.717) is 0 Å². The number of ether oxygens (including phenoxy) is 1. The van der Waals surface area contributed by atoms with Crippen LogP contribution in [0.15, 0.2) is 18.2 Å². The zero-order valence-electron chi connectivity index (χ0n) is 16.3. The quantitative estimate of drug-likeness (QED) is 0.756. The predicted molar refractivity (Wildman–Crippen MR) is 106 cm³/mol. The number of benzene rings is 1. The highest BCUT2D eigenvalue weighted by atomic mass is 16.5. The van der Waals surface area contributed by atoms with Gasteiger partial charge in [-0.2, -0.15) is 0 Å². The molecule has 1 aliphatic carbocycles. The average molecular weight is 359 g/mol. The third-order valence-corrected chi connectivity index (χ3v) is 5.67. The topological polar surface area (TPSA) is 41.6 Å². The number of nitrogens with zero attached hydrogens (tertiary/aromatic N) is 1. The van der Waals surface area contributed by atoms with Crippen molar-refractivity contribution in [3.05, 3.63) is 29.3 Å². The lowest BCUT2D eigenvalue weighted by atomic mass is 9.91. The molecule has 2 aliphatic rings. The lowest BCUT2D eigenvalue weighted by Gasteiger charge is -2.22. The maximum absolute atomic E-state index is 12.4. The van der Waals surface area contributed by atoms with Gasteiger partial charge in [-0.15, -0.1) is 0 Å². The summed E-state index contributed by atoms with van der Waals surface area (Å²) in [5.74, 6) is 0.892. The fourth-order valence-corrected chi connectivity index (χ4v) is 4.12. The molecule has 1 amide bonds. The van der Waals surface area contributed by atoms with Crippen molar-refractivity contribution in [2.24, 2.45) is 0 Å². The maximum atomic E-state index is 12.4. The van der Waals surface area contributed by atoms with Gasteiger partial charge in [0.1, 0.15) is 5.75 Å². The van der Waals surface area contributed by atoms with Gasteiger partial charge in [0, 0.05) is 6.54 Å². The second-order valence-corrected chi connectivity index (χ2v) is 7.76. The number of likely N-dealkylation sites (tertiary alicyclic amines) is 1. The van der Waals surface area contributed by atoms with E-state index in [1.165, 1.54) is 62.7 Å². The first kappa shape index (κ1) is 19.2. The van der Waals surface area contributed by atoms with E-state index in [1.54, 1.807) is 0 Å². The Kier molecular flexibility index (Phi) is 7.36. The zero-order valence-corrected chi connectivity index (χ0v) is 16.3. The normalized spacial score (nSPS) is 19.3. The van der Waals surface area contributed by atoms with E-state index in [2.05, 4.69) is 16.3 Å². The largest absolute Gasteiger partial charge is 0.481 e. The smallest absolute Gasteiger partial charge is 0.260 e. The van der Waals surface area contributed by atoms with E-state index in [9.17, 15) is 4.79 Å². The van der Waals surface area contributed by atoms with Gasteiger partial charge in [0.2, 0.25) is 0 Å². The Balaban J connectivity index is 1.41. The molecule has 1 saturated heterocycles. The number of carbonyl (C=O) groups excluding carboxylic acids is 1. The van der Waals surface area contributed by atoms with E-state index in [4.69, 9.17) is 4.74 Å². The lowest BCUT2D eigenvalue weighted by Crippen LogP contribution is -2.38. The van der Waals surface area contributed by atoms with E-state index in [0.717, 1.165) is 38.1 Å². The Morgan fingerprint density at radius 1 is 1.12 bits per heavy atom. The summed E-state index contributed by atoms with van der Waals surface area (Å²) >= 11 is 0. The SMILES string of the molecule is C[C@@H](Oc1cccc2c1CCCC2)C(=O)NCCCN1CCCCCC1. The highest BCUT2D eigenvalue weighted by Crippen LogP contribution is 2.30. The van der Waals surface area contributed by atoms with Crippen molar-refractivity contribution in [2.45, 2.75) is 70.8 Å². The third-order valence-electron chi connectivity index (χ3n) is 5.67. The molecule has 0 saturated carbocycles. The molecule has 0 unspecified atom stereocenters. The van der Waals surface area contributed by atoms with Crippen LogP contribution in [-0.4, -0.2) is 43.1 Å². The van der Waals surface area contributed by atoms with Gasteiger partial charge in [0.25, 0.3) is 5.91 Å². The summed E-state index contributed by atoms with van der Waals surface area (Å²) < 4.78 is 6.02. The molecular formula is C22H34N2O2. The van der Waals surface area contributed by atoms with Crippen LogP contribution in [0.2, 0.25) is 0 Å². The van der Waals surface area contributed by atoms with Crippen molar-refractivity contribution in [2.75, 3.05) is 26.2 Å². The highest BCUT2D eigenvalue weighted by Gasteiger charge is 2.19. The van der Waals surface area contributed by atoms with Gasteiger partial charge in [-0.05, 0) is 88.7 Å². The van der Waals surface area contributed by atoms with Crippen LogP contribution < -0.4 is 10.1 Å². The fraction of sp³-hybridized carbons (Fsp3) is 0.682. The van der Waals surface area contributed by atoms with E-state index < -0.39 is 6.10 Å². The number of rotatable bonds is 7. The van der Waals surface area contributed by atoms with Gasteiger partial charge < -0.3 is 15.0 Å². The van der Waals surface area contributed by atoms with Crippen molar-refractivity contribution in [3.63, 3.8) is 0 Å². The van der Waals surface area contributed by atoms with Gasteiger partial charge in [-0.1, -0.05) is 25.0 Å². The van der Waals surface area contributed by atoms with E-state index in [-0.39, 0.29) is 5.91 Å². The second-order valence-electron chi connectivity index (χ2n) is 7.76.